The van der Waals surface area contributed by atoms with E-state index in [1.165, 1.54) is 0 Å². The summed E-state index contributed by atoms with van der Waals surface area (Å²) < 4.78 is 11.3. The minimum atomic E-state index is -0.266. The van der Waals surface area contributed by atoms with Gasteiger partial charge < -0.3 is 25.3 Å². The second-order valence-corrected chi connectivity index (χ2v) is 6.50. The molecule has 154 valence electrons. The first-order valence-corrected chi connectivity index (χ1v) is 9.08. The summed E-state index contributed by atoms with van der Waals surface area (Å²) in [7, 11) is 1.55. The first-order valence-electron chi connectivity index (χ1n) is 8.70. The molecule has 0 saturated carbocycles. The lowest BCUT2D eigenvalue weighted by Crippen LogP contribution is -2.19. The molecule has 0 unspecified atom stereocenters. The molecule has 10 heteroatoms. The Kier molecular flexibility index (Phi) is 6.45. The number of furan rings is 1. The van der Waals surface area contributed by atoms with Crippen molar-refractivity contribution in [3.8, 4) is 5.88 Å². The van der Waals surface area contributed by atoms with Crippen LogP contribution in [0.15, 0.2) is 59.3 Å². The van der Waals surface area contributed by atoms with Crippen LogP contribution in [0, 0.1) is 0 Å². The highest BCUT2D eigenvalue weighted by molar-refractivity contribution is 6.30. The van der Waals surface area contributed by atoms with Crippen LogP contribution >= 0.6 is 11.6 Å². The van der Waals surface area contributed by atoms with E-state index in [9.17, 15) is 4.79 Å². The largest absolute Gasteiger partial charge is 0.469 e. The van der Waals surface area contributed by atoms with Crippen LogP contribution in [0.5, 0.6) is 5.88 Å². The molecule has 30 heavy (non-hydrogen) atoms. The molecule has 4 rings (SSSR count). The van der Waals surface area contributed by atoms with Gasteiger partial charge in [0, 0.05) is 24.0 Å². The first-order chi connectivity index (χ1) is 14.1. The number of amides is 1. The molecular weight excluding hydrogens is 410 g/mol. The number of nitrogens with zero attached hydrogens (tertiary/aromatic N) is 3. The van der Waals surface area contributed by atoms with Gasteiger partial charge in [-0.15, -0.1) is 10.2 Å². The molecule has 1 aromatic carbocycles. The monoisotopic (exact) mass is 427 g/mol. The number of benzene rings is 1. The third-order valence-electron chi connectivity index (χ3n) is 4.12. The Hall–Kier alpha value is -3.69. The summed E-state index contributed by atoms with van der Waals surface area (Å²) in [6, 6.07) is 12.4. The van der Waals surface area contributed by atoms with E-state index in [1.54, 1.807) is 49.8 Å². The summed E-state index contributed by atoms with van der Waals surface area (Å²) in [4.78, 5) is 15.8. The Morgan fingerprint density at radius 2 is 1.97 bits per heavy atom. The summed E-state index contributed by atoms with van der Waals surface area (Å²) in [6.07, 6.45) is 3.10. The van der Waals surface area contributed by atoms with Gasteiger partial charge >= 0.3 is 0 Å². The third kappa shape index (κ3) is 4.48. The number of ether oxygens (including phenoxy) is 1. The molecule has 1 amide bonds. The standard InChI is InChI=1S/C20H16ClN5O3.H2O/c1-22-19(27)16-10-12(6-8-23-16)11-29-20-17-15(7-9-28-17)18(25-26-20)24-14-4-2-13(21)3-5-14;/h2-10H,11H2,1H3,(H,22,27)(H,24,25);1H2. The predicted octanol–water partition coefficient (Wildman–Crippen LogP) is 3.13. The molecular formula is C20H18ClN5O4. The van der Waals surface area contributed by atoms with Crippen molar-refractivity contribution in [1.82, 2.24) is 20.5 Å². The van der Waals surface area contributed by atoms with E-state index in [0.29, 0.717) is 22.1 Å². The van der Waals surface area contributed by atoms with E-state index in [0.717, 1.165) is 16.6 Å². The molecule has 0 saturated heterocycles. The molecule has 0 aliphatic rings. The number of pyridine rings is 1. The van der Waals surface area contributed by atoms with Crippen molar-refractivity contribution in [2.45, 2.75) is 6.61 Å². The molecule has 3 heterocycles. The maximum absolute atomic E-state index is 11.7. The Labute approximate surface area is 176 Å². The van der Waals surface area contributed by atoms with Gasteiger partial charge in [0.25, 0.3) is 11.8 Å². The third-order valence-corrected chi connectivity index (χ3v) is 4.37. The average Bonchev–Trinajstić information content (AvgIpc) is 3.25. The van der Waals surface area contributed by atoms with Crippen molar-refractivity contribution in [1.29, 1.82) is 0 Å². The summed E-state index contributed by atoms with van der Waals surface area (Å²) in [5.74, 6) is 0.525. The molecule has 0 spiro atoms. The van der Waals surface area contributed by atoms with Crippen LogP contribution in [0.1, 0.15) is 16.1 Å². The van der Waals surface area contributed by atoms with Crippen LogP contribution in [0.2, 0.25) is 5.02 Å². The SMILES string of the molecule is CNC(=O)c1cc(COc2nnc(Nc3ccc(Cl)cc3)c3ccoc23)ccn1.O. The van der Waals surface area contributed by atoms with Crippen molar-refractivity contribution in [2.75, 3.05) is 12.4 Å². The molecule has 0 aliphatic carbocycles. The topological polar surface area (TPSA) is 134 Å². The lowest BCUT2D eigenvalue weighted by atomic mass is 10.2. The fraction of sp³-hybridized carbons (Fsp3) is 0.100. The number of carbonyl (C=O) groups excluding carboxylic acids is 1. The molecule has 4 N–H and O–H groups in total. The van der Waals surface area contributed by atoms with E-state index in [2.05, 4.69) is 25.8 Å². The minimum absolute atomic E-state index is 0. The number of fused-ring (bicyclic) bond motifs is 1. The molecule has 0 atom stereocenters. The van der Waals surface area contributed by atoms with Crippen LogP contribution in [0.4, 0.5) is 11.5 Å². The number of aromatic nitrogens is 3. The van der Waals surface area contributed by atoms with Crippen LogP contribution < -0.4 is 15.4 Å². The van der Waals surface area contributed by atoms with Crippen molar-refractivity contribution in [2.24, 2.45) is 0 Å². The van der Waals surface area contributed by atoms with Gasteiger partial charge in [0.05, 0.1) is 11.6 Å². The number of nitrogens with one attached hydrogen (secondary N) is 2. The molecule has 4 aromatic rings. The van der Waals surface area contributed by atoms with Gasteiger partial charge in [-0.3, -0.25) is 9.78 Å². The molecule has 9 nitrogen and oxygen atoms in total. The summed E-state index contributed by atoms with van der Waals surface area (Å²) in [5, 5.41) is 15.4. The van der Waals surface area contributed by atoms with E-state index < -0.39 is 0 Å². The molecule has 0 aliphatic heterocycles. The van der Waals surface area contributed by atoms with E-state index in [1.807, 2.05) is 12.1 Å². The minimum Gasteiger partial charge on any atom is -0.469 e. The number of hydrogen-bond donors (Lipinski definition) is 2. The predicted molar refractivity (Wildman–Crippen MR) is 112 cm³/mol. The first kappa shape index (κ1) is 21.0. The van der Waals surface area contributed by atoms with Gasteiger partial charge in [0.1, 0.15) is 12.3 Å². The summed E-state index contributed by atoms with van der Waals surface area (Å²) in [6.45, 7) is 0.182. The Morgan fingerprint density at radius 1 is 1.17 bits per heavy atom. The lowest BCUT2D eigenvalue weighted by Gasteiger charge is -2.09. The quantitative estimate of drug-likeness (QED) is 0.482. The van der Waals surface area contributed by atoms with Crippen molar-refractivity contribution >= 4 is 40.0 Å². The number of anilines is 2. The molecule has 3 aromatic heterocycles. The summed E-state index contributed by atoms with van der Waals surface area (Å²) in [5.41, 5.74) is 2.37. The van der Waals surface area contributed by atoms with E-state index in [4.69, 9.17) is 20.8 Å². The highest BCUT2D eigenvalue weighted by Crippen LogP contribution is 2.31. The highest BCUT2D eigenvalue weighted by atomic mass is 35.5. The number of hydrogen-bond acceptors (Lipinski definition) is 7. The van der Waals surface area contributed by atoms with Gasteiger partial charge in [-0.25, -0.2) is 0 Å². The molecule has 0 radical (unpaired) electrons. The second kappa shape index (κ2) is 9.21. The van der Waals surface area contributed by atoms with E-state index >= 15 is 0 Å². The normalized spacial score (nSPS) is 10.3. The molecule has 0 bridgehead atoms. The maximum atomic E-state index is 11.7. The lowest BCUT2D eigenvalue weighted by molar-refractivity contribution is 0.0958. The zero-order valence-electron chi connectivity index (χ0n) is 15.8. The van der Waals surface area contributed by atoms with Crippen molar-refractivity contribution in [3.05, 3.63) is 71.2 Å². The number of carbonyl (C=O) groups is 1. The van der Waals surface area contributed by atoms with Gasteiger partial charge in [0.2, 0.25) is 5.58 Å². The van der Waals surface area contributed by atoms with Crippen LogP contribution in [0.25, 0.3) is 11.0 Å². The highest BCUT2D eigenvalue weighted by Gasteiger charge is 2.14. The molecule has 0 fully saturated rings. The second-order valence-electron chi connectivity index (χ2n) is 6.07. The van der Waals surface area contributed by atoms with E-state index in [-0.39, 0.29) is 23.9 Å². The van der Waals surface area contributed by atoms with Gasteiger partial charge in [0.15, 0.2) is 5.82 Å². The maximum Gasteiger partial charge on any atom is 0.278 e. The van der Waals surface area contributed by atoms with Gasteiger partial charge in [-0.05, 0) is 48.0 Å². The van der Waals surface area contributed by atoms with Crippen molar-refractivity contribution < 1.29 is 19.4 Å². The zero-order chi connectivity index (χ0) is 20.2. The van der Waals surface area contributed by atoms with Crippen molar-refractivity contribution in [3.63, 3.8) is 0 Å². The van der Waals surface area contributed by atoms with Crippen LogP contribution in [-0.4, -0.2) is 33.6 Å². The Morgan fingerprint density at radius 3 is 2.73 bits per heavy atom. The average molecular weight is 428 g/mol. The fourth-order valence-corrected chi connectivity index (χ4v) is 2.81. The summed E-state index contributed by atoms with van der Waals surface area (Å²) >= 11 is 5.92. The zero-order valence-corrected chi connectivity index (χ0v) is 16.6. The smallest absolute Gasteiger partial charge is 0.278 e. The number of rotatable bonds is 6. The van der Waals surface area contributed by atoms with Crippen LogP contribution in [0.3, 0.4) is 0 Å². The Bertz CT molecular complexity index is 1160. The van der Waals surface area contributed by atoms with Crippen LogP contribution in [-0.2, 0) is 6.61 Å². The Balaban J connectivity index is 0.00000256. The fourth-order valence-electron chi connectivity index (χ4n) is 2.68. The van der Waals surface area contributed by atoms with Gasteiger partial charge in [-0.2, -0.15) is 0 Å². The number of halogens is 1. The van der Waals surface area contributed by atoms with Gasteiger partial charge in [-0.1, -0.05) is 11.6 Å².